The van der Waals surface area contributed by atoms with Gasteiger partial charge >= 0.3 is 5.97 Å². The predicted octanol–water partition coefficient (Wildman–Crippen LogP) is 0.855. The van der Waals surface area contributed by atoms with Crippen molar-refractivity contribution >= 4 is 17.6 Å². The summed E-state index contributed by atoms with van der Waals surface area (Å²) < 4.78 is 0. The fraction of sp³-hybridized carbons (Fsp3) is 0.231. The Bertz CT molecular complexity index is 503. The van der Waals surface area contributed by atoms with E-state index in [2.05, 4.69) is 16.6 Å². The van der Waals surface area contributed by atoms with E-state index in [1.165, 1.54) is 12.1 Å². The molecule has 0 saturated carbocycles. The molecular formula is C13H14N2O3. The van der Waals surface area contributed by atoms with Crippen LogP contribution in [-0.4, -0.2) is 30.1 Å². The molecule has 0 atom stereocenters. The number of terminal acetylenes is 1. The Labute approximate surface area is 105 Å². The van der Waals surface area contributed by atoms with E-state index in [1.54, 1.807) is 13.0 Å². The number of hydrogen-bond donors (Lipinski definition) is 3. The van der Waals surface area contributed by atoms with Gasteiger partial charge in [-0.25, -0.2) is 4.79 Å². The molecule has 0 heterocycles. The molecule has 0 aliphatic heterocycles. The quantitative estimate of drug-likeness (QED) is 0.531. The first-order valence-corrected chi connectivity index (χ1v) is 5.32. The van der Waals surface area contributed by atoms with Crippen LogP contribution in [0.3, 0.4) is 0 Å². The number of benzene rings is 1. The number of aryl methyl sites for hydroxylation is 1. The lowest BCUT2D eigenvalue weighted by Gasteiger charge is -2.09. The third-order valence-corrected chi connectivity index (χ3v) is 2.27. The molecule has 0 spiro atoms. The largest absolute Gasteiger partial charge is 0.478 e. The van der Waals surface area contributed by atoms with E-state index in [0.717, 1.165) is 5.56 Å². The van der Waals surface area contributed by atoms with Crippen molar-refractivity contribution < 1.29 is 14.7 Å². The lowest BCUT2D eigenvalue weighted by atomic mass is 10.1. The summed E-state index contributed by atoms with van der Waals surface area (Å²) in [5.41, 5.74) is 1.42. The second kappa shape index (κ2) is 6.42. The van der Waals surface area contributed by atoms with Gasteiger partial charge in [0.1, 0.15) is 0 Å². The van der Waals surface area contributed by atoms with Crippen molar-refractivity contribution in [2.45, 2.75) is 6.92 Å². The van der Waals surface area contributed by atoms with Gasteiger partial charge in [-0.05, 0) is 24.6 Å². The van der Waals surface area contributed by atoms with Crippen LogP contribution in [0.2, 0.25) is 0 Å². The van der Waals surface area contributed by atoms with E-state index in [0.29, 0.717) is 12.2 Å². The van der Waals surface area contributed by atoms with Crippen molar-refractivity contribution in [3.63, 3.8) is 0 Å². The molecule has 0 radical (unpaired) electrons. The second-order valence-corrected chi connectivity index (χ2v) is 3.69. The maximum atomic E-state index is 11.5. The van der Waals surface area contributed by atoms with Crippen LogP contribution in [0.1, 0.15) is 15.9 Å². The summed E-state index contributed by atoms with van der Waals surface area (Å²) in [4.78, 5) is 22.3. The number of aromatic carboxylic acids is 1. The van der Waals surface area contributed by atoms with Gasteiger partial charge in [0.2, 0.25) is 5.91 Å². The van der Waals surface area contributed by atoms with Gasteiger partial charge in [-0.15, -0.1) is 6.42 Å². The van der Waals surface area contributed by atoms with Gasteiger partial charge in [-0.2, -0.15) is 0 Å². The van der Waals surface area contributed by atoms with Gasteiger partial charge in [0.15, 0.2) is 0 Å². The van der Waals surface area contributed by atoms with E-state index >= 15 is 0 Å². The molecule has 1 amide bonds. The van der Waals surface area contributed by atoms with Gasteiger partial charge in [0.05, 0.1) is 18.7 Å². The summed E-state index contributed by atoms with van der Waals surface area (Å²) >= 11 is 0. The summed E-state index contributed by atoms with van der Waals surface area (Å²) in [6, 6.07) is 4.56. The standard InChI is InChI=1S/C13H14N2O3/c1-3-6-14-8-12(16)15-11-7-10(13(17)18)5-4-9(11)2/h1,4-5,7,14H,6,8H2,2H3,(H,15,16)(H,17,18). The minimum Gasteiger partial charge on any atom is -0.478 e. The molecule has 0 fully saturated rings. The van der Waals surface area contributed by atoms with Crippen LogP contribution in [0.25, 0.3) is 0 Å². The molecule has 0 aromatic heterocycles. The topological polar surface area (TPSA) is 78.4 Å². The van der Waals surface area contributed by atoms with Gasteiger partial charge in [-0.3, -0.25) is 10.1 Å². The number of carboxylic acid groups (broad SMARTS) is 1. The Hall–Kier alpha value is -2.32. The van der Waals surface area contributed by atoms with Crippen LogP contribution in [0.4, 0.5) is 5.69 Å². The van der Waals surface area contributed by atoms with Crippen LogP contribution >= 0.6 is 0 Å². The first-order chi connectivity index (χ1) is 8.54. The normalized spacial score (nSPS) is 9.56. The van der Waals surface area contributed by atoms with Gasteiger partial charge in [0, 0.05) is 5.69 Å². The molecule has 1 aromatic rings. The predicted molar refractivity (Wildman–Crippen MR) is 68.5 cm³/mol. The molecule has 1 aromatic carbocycles. The third-order valence-electron chi connectivity index (χ3n) is 2.27. The number of carbonyl (C=O) groups is 2. The minimum atomic E-state index is -1.03. The van der Waals surface area contributed by atoms with Crippen LogP contribution in [0.5, 0.6) is 0 Å². The summed E-state index contributed by atoms with van der Waals surface area (Å²) in [5.74, 6) is 1.05. The summed E-state index contributed by atoms with van der Waals surface area (Å²) in [7, 11) is 0. The average molecular weight is 246 g/mol. The van der Waals surface area contributed by atoms with Crippen LogP contribution in [0, 0.1) is 19.3 Å². The molecule has 5 nitrogen and oxygen atoms in total. The van der Waals surface area contributed by atoms with Crippen molar-refractivity contribution in [2.75, 3.05) is 18.4 Å². The highest BCUT2D eigenvalue weighted by Crippen LogP contribution is 2.16. The highest BCUT2D eigenvalue weighted by molar-refractivity contribution is 5.95. The molecule has 3 N–H and O–H groups in total. The minimum absolute atomic E-state index is 0.0843. The summed E-state index contributed by atoms with van der Waals surface area (Å²) in [5, 5.41) is 14.2. The fourth-order valence-electron chi connectivity index (χ4n) is 1.33. The van der Waals surface area contributed by atoms with E-state index in [9.17, 15) is 9.59 Å². The number of amides is 1. The zero-order valence-electron chi connectivity index (χ0n) is 9.99. The van der Waals surface area contributed by atoms with Crippen molar-refractivity contribution in [3.8, 4) is 12.3 Å². The lowest BCUT2D eigenvalue weighted by Crippen LogP contribution is -2.28. The SMILES string of the molecule is C#CCNCC(=O)Nc1cc(C(=O)O)ccc1C. The number of rotatable bonds is 5. The molecule has 0 aliphatic carbocycles. The van der Waals surface area contributed by atoms with E-state index in [1.807, 2.05) is 0 Å². The van der Waals surface area contributed by atoms with Crippen molar-refractivity contribution in [3.05, 3.63) is 29.3 Å². The smallest absolute Gasteiger partial charge is 0.335 e. The molecule has 0 saturated heterocycles. The maximum Gasteiger partial charge on any atom is 0.335 e. The monoisotopic (exact) mass is 246 g/mol. The Morgan fingerprint density at radius 1 is 1.44 bits per heavy atom. The Morgan fingerprint density at radius 3 is 2.78 bits per heavy atom. The summed E-state index contributed by atoms with van der Waals surface area (Å²) in [6.45, 7) is 2.18. The van der Waals surface area contributed by atoms with Crippen LogP contribution < -0.4 is 10.6 Å². The Morgan fingerprint density at radius 2 is 2.17 bits per heavy atom. The first kappa shape index (κ1) is 13.7. The van der Waals surface area contributed by atoms with Crippen LogP contribution in [-0.2, 0) is 4.79 Å². The van der Waals surface area contributed by atoms with Gasteiger partial charge in [0.25, 0.3) is 0 Å². The Balaban J connectivity index is 2.72. The molecular weight excluding hydrogens is 232 g/mol. The molecule has 0 aliphatic rings. The third kappa shape index (κ3) is 3.92. The van der Waals surface area contributed by atoms with E-state index in [4.69, 9.17) is 11.5 Å². The van der Waals surface area contributed by atoms with Crippen LogP contribution in [0.15, 0.2) is 18.2 Å². The molecule has 0 bridgehead atoms. The zero-order valence-corrected chi connectivity index (χ0v) is 9.99. The second-order valence-electron chi connectivity index (χ2n) is 3.69. The van der Waals surface area contributed by atoms with Crippen molar-refractivity contribution in [1.82, 2.24) is 5.32 Å². The molecule has 1 rings (SSSR count). The average Bonchev–Trinajstić information content (AvgIpc) is 2.32. The van der Waals surface area contributed by atoms with E-state index in [-0.39, 0.29) is 18.0 Å². The molecule has 18 heavy (non-hydrogen) atoms. The van der Waals surface area contributed by atoms with E-state index < -0.39 is 5.97 Å². The zero-order chi connectivity index (χ0) is 13.5. The summed E-state index contributed by atoms with van der Waals surface area (Å²) in [6.07, 6.45) is 5.04. The molecule has 0 unspecified atom stereocenters. The number of carbonyl (C=O) groups excluding carboxylic acids is 1. The van der Waals surface area contributed by atoms with Crippen molar-refractivity contribution in [2.24, 2.45) is 0 Å². The van der Waals surface area contributed by atoms with Crippen molar-refractivity contribution in [1.29, 1.82) is 0 Å². The van der Waals surface area contributed by atoms with Gasteiger partial charge in [-0.1, -0.05) is 12.0 Å². The first-order valence-electron chi connectivity index (χ1n) is 5.32. The Kier molecular flexibility index (Phi) is 4.90. The number of hydrogen-bond acceptors (Lipinski definition) is 3. The fourth-order valence-corrected chi connectivity index (χ4v) is 1.33. The highest BCUT2D eigenvalue weighted by atomic mass is 16.4. The van der Waals surface area contributed by atoms with Gasteiger partial charge < -0.3 is 10.4 Å². The number of anilines is 1. The molecule has 5 heteroatoms. The lowest BCUT2D eigenvalue weighted by molar-refractivity contribution is -0.115. The highest BCUT2D eigenvalue weighted by Gasteiger charge is 2.08. The number of carboxylic acids is 1. The number of nitrogens with one attached hydrogen (secondary N) is 2. The maximum absolute atomic E-state index is 11.5. The molecule has 94 valence electrons.